The SMILES string of the molecule is COC(=O)CCC(O)CNCc1cc(Br)cs1. The number of carbonyl (C=O) groups excluding carboxylic acids is 1. The maximum Gasteiger partial charge on any atom is 0.305 e. The van der Waals surface area contributed by atoms with Crippen molar-refractivity contribution in [3.8, 4) is 0 Å². The summed E-state index contributed by atoms with van der Waals surface area (Å²) in [6, 6.07) is 2.04. The lowest BCUT2D eigenvalue weighted by Crippen LogP contribution is -2.26. The minimum absolute atomic E-state index is 0.254. The van der Waals surface area contributed by atoms with Crippen LogP contribution in [-0.2, 0) is 16.1 Å². The Kier molecular flexibility index (Phi) is 6.72. The van der Waals surface area contributed by atoms with E-state index in [0.717, 1.165) is 11.0 Å². The molecule has 1 rings (SSSR count). The predicted molar refractivity (Wildman–Crippen MR) is 71.0 cm³/mol. The average molecular weight is 322 g/mol. The fourth-order valence-corrected chi connectivity index (χ4v) is 2.72. The third kappa shape index (κ3) is 6.16. The lowest BCUT2D eigenvalue weighted by molar-refractivity contribution is -0.141. The van der Waals surface area contributed by atoms with E-state index in [4.69, 9.17) is 0 Å². The van der Waals surface area contributed by atoms with Crippen molar-refractivity contribution in [1.82, 2.24) is 5.32 Å². The number of methoxy groups -OCH3 is 1. The van der Waals surface area contributed by atoms with Gasteiger partial charge >= 0.3 is 5.97 Å². The number of esters is 1. The molecule has 0 saturated heterocycles. The molecule has 1 atom stereocenters. The number of ether oxygens (including phenoxy) is 1. The molecule has 0 aromatic carbocycles. The topological polar surface area (TPSA) is 58.6 Å². The molecule has 0 fully saturated rings. The summed E-state index contributed by atoms with van der Waals surface area (Å²) < 4.78 is 5.58. The summed E-state index contributed by atoms with van der Waals surface area (Å²) in [5.41, 5.74) is 0. The summed E-state index contributed by atoms with van der Waals surface area (Å²) in [6.07, 6.45) is 0.162. The molecule has 1 aromatic rings. The van der Waals surface area contributed by atoms with Crippen molar-refractivity contribution in [2.75, 3.05) is 13.7 Å². The van der Waals surface area contributed by atoms with E-state index in [1.165, 1.54) is 12.0 Å². The quantitative estimate of drug-likeness (QED) is 0.753. The molecule has 17 heavy (non-hydrogen) atoms. The number of aliphatic hydroxyl groups excluding tert-OH is 1. The Labute approximate surface area is 113 Å². The number of nitrogens with one attached hydrogen (secondary N) is 1. The van der Waals surface area contributed by atoms with Crippen LogP contribution in [0.5, 0.6) is 0 Å². The highest BCUT2D eigenvalue weighted by molar-refractivity contribution is 9.10. The lowest BCUT2D eigenvalue weighted by Gasteiger charge is -2.10. The number of aliphatic hydroxyl groups is 1. The molecule has 0 saturated carbocycles. The van der Waals surface area contributed by atoms with Crippen LogP contribution in [0.3, 0.4) is 0 Å². The average Bonchev–Trinajstić information content (AvgIpc) is 2.72. The summed E-state index contributed by atoms with van der Waals surface area (Å²) in [6.45, 7) is 1.21. The van der Waals surface area contributed by atoms with Crippen LogP contribution in [0, 0.1) is 0 Å². The molecule has 0 aliphatic heterocycles. The highest BCUT2D eigenvalue weighted by atomic mass is 79.9. The van der Waals surface area contributed by atoms with Crippen LogP contribution in [-0.4, -0.2) is 30.8 Å². The van der Waals surface area contributed by atoms with Gasteiger partial charge in [0.15, 0.2) is 0 Å². The highest BCUT2D eigenvalue weighted by Crippen LogP contribution is 2.19. The Morgan fingerprint density at radius 3 is 3.06 bits per heavy atom. The lowest BCUT2D eigenvalue weighted by atomic mass is 10.2. The third-order valence-corrected chi connectivity index (χ3v) is 3.91. The van der Waals surface area contributed by atoms with Crippen LogP contribution >= 0.6 is 27.3 Å². The van der Waals surface area contributed by atoms with Gasteiger partial charge in [-0.2, -0.15) is 0 Å². The molecule has 0 aliphatic rings. The molecular formula is C11H16BrNO3S. The van der Waals surface area contributed by atoms with Gasteiger partial charge in [0, 0.05) is 34.2 Å². The molecule has 2 N–H and O–H groups in total. The van der Waals surface area contributed by atoms with E-state index in [-0.39, 0.29) is 12.4 Å². The molecule has 4 nitrogen and oxygen atoms in total. The molecule has 0 radical (unpaired) electrons. The molecule has 1 unspecified atom stereocenters. The fourth-order valence-electron chi connectivity index (χ4n) is 1.30. The summed E-state index contributed by atoms with van der Waals surface area (Å²) in [7, 11) is 1.35. The first-order chi connectivity index (χ1) is 8.11. The molecule has 96 valence electrons. The van der Waals surface area contributed by atoms with Crippen molar-refractivity contribution in [2.45, 2.75) is 25.5 Å². The van der Waals surface area contributed by atoms with Gasteiger partial charge in [-0.05, 0) is 28.4 Å². The Balaban J connectivity index is 2.11. The number of rotatable bonds is 7. The minimum atomic E-state index is -0.516. The molecule has 0 spiro atoms. The maximum absolute atomic E-state index is 10.9. The zero-order valence-corrected chi connectivity index (χ0v) is 12.0. The molecule has 0 amide bonds. The first-order valence-electron chi connectivity index (χ1n) is 5.30. The van der Waals surface area contributed by atoms with Crippen LogP contribution < -0.4 is 5.32 Å². The largest absolute Gasteiger partial charge is 0.469 e. The van der Waals surface area contributed by atoms with Gasteiger partial charge < -0.3 is 15.2 Å². The van der Waals surface area contributed by atoms with Gasteiger partial charge in [0.2, 0.25) is 0 Å². The number of hydrogen-bond acceptors (Lipinski definition) is 5. The smallest absolute Gasteiger partial charge is 0.305 e. The zero-order valence-electron chi connectivity index (χ0n) is 9.61. The Morgan fingerprint density at radius 1 is 1.71 bits per heavy atom. The van der Waals surface area contributed by atoms with Gasteiger partial charge in [0.1, 0.15) is 0 Å². The van der Waals surface area contributed by atoms with Crippen molar-refractivity contribution in [1.29, 1.82) is 0 Å². The molecule has 6 heteroatoms. The van der Waals surface area contributed by atoms with Gasteiger partial charge in [0.25, 0.3) is 0 Å². The first kappa shape index (κ1) is 14.6. The van der Waals surface area contributed by atoms with E-state index in [2.05, 4.69) is 26.0 Å². The van der Waals surface area contributed by atoms with E-state index >= 15 is 0 Å². The van der Waals surface area contributed by atoms with Gasteiger partial charge in [0.05, 0.1) is 13.2 Å². The minimum Gasteiger partial charge on any atom is -0.469 e. The van der Waals surface area contributed by atoms with Crippen molar-refractivity contribution in [3.63, 3.8) is 0 Å². The fraction of sp³-hybridized carbons (Fsp3) is 0.545. The number of thiophene rings is 1. The monoisotopic (exact) mass is 321 g/mol. The maximum atomic E-state index is 10.9. The molecule has 1 heterocycles. The van der Waals surface area contributed by atoms with Gasteiger partial charge in [-0.3, -0.25) is 4.79 Å². The first-order valence-corrected chi connectivity index (χ1v) is 6.97. The Morgan fingerprint density at radius 2 is 2.47 bits per heavy atom. The number of carbonyl (C=O) groups is 1. The standard InChI is InChI=1S/C11H16BrNO3S/c1-16-11(15)3-2-9(14)5-13-6-10-4-8(12)7-17-10/h4,7,9,13-14H,2-3,5-6H2,1H3. The zero-order chi connectivity index (χ0) is 12.7. The molecular weight excluding hydrogens is 306 g/mol. The second-order valence-corrected chi connectivity index (χ2v) is 5.54. The van der Waals surface area contributed by atoms with E-state index in [0.29, 0.717) is 13.0 Å². The Hall–Kier alpha value is -0.430. The van der Waals surface area contributed by atoms with Gasteiger partial charge in [-0.15, -0.1) is 11.3 Å². The summed E-state index contributed by atoms with van der Waals surface area (Å²) in [4.78, 5) is 12.1. The Bertz CT molecular complexity index is 356. The van der Waals surface area contributed by atoms with E-state index in [1.54, 1.807) is 11.3 Å². The van der Waals surface area contributed by atoms with Crippen LogP contribution in [0.25, 0.3) is 0 Å². The molecule has 0 aliphatic carbocycles. The number of halogens is 1. The summed E-state index contributed by atoms with van der Waals surface area (Å²) >= 11 is 5.04. The van der Waals surface area contributed by atoms with Gasteiger partial charge in [-0.25, -0.2) is 0 Å². The number of hydrogen-bond donors (Lipinski definition) is 2. The van der Waals surface area contributed by atoms with Crippen LogP contribution in [0.1, 0.15) is 17.7 Å². The van der Waals surface area contributed by atoms with Crippen molar-refractivity contribution >= 4 is 33.2 Å². The second kappa shape index (κ2) is 7.81. The van der Waals surface area contributed by atoms with Crippen LogP contribution in [0.15, 0.2) is 15.9 Å². The third-order valence-electron chi connectivity index (χ3n) is 2.21. The highest BCUT2D eigenvalue weighted by Gasteiger charge is 2.08. The van der Waals surface area contributed by atoms with Gasteiger partial charge in [-0.1, -0.05) is 0 Å². The molecule has 1 aromatic heterocycles. The molecule has 0 bridgehead atoms. The van der Waals surface area contributed by atoms with Crippen molar-refractivity contribution in [3.05, 3.63) is 20.8 Å². The van der Waals surface area contributed by atoms with Crippen molar-refractivity contribution < 1.29 is 14.6 Å². The predicted octanol–water partition coefficient (Wildman–Crippen LogP) is 1.91. The van der Waals surface area contributed by atoms with Crippen LogP contribution in [0.2, 0.25) is 0 Å². The second-order valence-electron chi connectivity index (χ2n) is 3.63. The van der Waals surface area contributed by atoms with E-state index in [1.807, 2.05) is 11.4 Å². The van der Waals surface area contributed by atoms with E-state index in [9.17, 15) is 9.90 Å². The van der Waals surface area contributed by atoms with Crippen molar-refractivity contribution in [2.24, 2.45) is 0 Å². The normalized spacial score (nSPS) is 12.4. The van der Waals surface area contributed by atoms with Crippen LogP contribution in [0.4, 0.5) is 0 Å². The summed E-state index contributed by atoms with van der Waals surface area (Å²) in [5.74, 6) is -0.286. The van der Waals surface area contributed by atoms with E-state index < -0.39 is 6.10 Å². The summed E-state index contributed by atoms with van der Waals surface area (Å²) in [5, 5.41) is 14.8.